The SMILES string of the molecule is CN(Cc1ccon1)C(=O)c1cc(-c2cncnc2)nc2ccccc12. The van der Waals surface area contributed by atoms with Crippen LogP contribution in [0.3, 0.4) is 0 Å². The molecule has 0 atom stereocenters. The molecule has 7 nitrogen and oxygen atoms in total. The molecule has 0 bridgehead atoms. The summed E-state index contributed by atoms with van der Waals surface area (Å²) in [5.41, 5.74) is 3.41. The molecule has 0 aliphatic heterocycles. The Hall–Kier alpha value is -3.61. The average Bonchev–Trinajstić information content (AvgIpc) is 3.20. The number of pyridine rings is 1. The van der Waals surface area contributed by atoms with Gasteiger partial charge in [0.25, 0.3) is 5.91 Å². The Bertz CT molecular complexity index is 1050. The summed E-state index contributed by atoms with van der Waals surface area (Å²) < 4.78 is 4.84. The van der Waals surface area contributed by atoms with E-state index in [1.54, 1.807) is 36.5 Å². The van der Waals surface area contributed by atoms with Crippen molar-refractivity contribution < 1.29 is 9.32 Å². The fourth-order valence-electron chi connectivity index (χ4n) is 2.77. The van der Waals surface area contributed by atoms with E-state index in [9.17, 15) is 4.79 Å². The van der Waals surface area contributed by atoms with Crippen molar-refractivity contribution in [2.45, 2.75) is 6.54 Å². The van der Waals surface area contributed by atoms with Gasteiger partial charge in [0.05, 0.1) is 23.3 Å². The topological polar surface area (TPSA) is 85.0 Å². The Balaban J connectivity index is 1.78. The lowest BCUT2D eigenvalue weighted by Gasteiger charge is -2.17. The van der Waals surface area contributed by atoms with E-state index >= 15 is 0 Å². The van der Waals surface area contributed by atoms with Crippen LogP contribution in [0.1, 0.15) is 16.1 Å². The highest BCUT2D eigenvalue weighted by atomic mass is 16.5. The van der Waals surface area contributed by atoms with Crippen LogP contribution >= 0.6 is 0 Å². The van der Waals surface area contributed by atoms with Crippen LogP contribution in [0.15, 0.2) is 65.9 Å². The molecule has 0 N–H and O–H groups in total. The molecule has 1 aromatic carbocycles. The molecule has 0 spiro atoms. The van der Waals surface area contributed by atoms with Crippen LogP contribution < -0.4 is 0 Å². The van der Waals surface area contributed by atoms with E-state index in [4.69, 9.17) is 4.52 Å². The minimum absolute atomic E-state index is 0.121. The maximum absolute atomic E-state index is 13.1. The molecule has 0 fully saturated rings. The Morgan fingerprint density at radius 3 is 2.73 bits per heavy atom. The Morgan fingerprint density at radius 2 is 1.96 bits per heavy atom. The molecule has 0 aliphatic carbocycles. The lowest BCUT2D eigenvalue weighted by Crippen LogP contribution is -2.26. The van der Waals surface area contributed by atoms with Crippen LogP contribution in [-0.4, -0.2) is 38.0 Å². The summed E-state index contributed by atoms with van der Waals surface area (Å²) in [6, 6.07) is 11.1. The van der Waals surface area contributed by atoms with Gasteiger partial charge in [-0.1, -0.05) is 23.4 Å². The number of carbonyl (C=O) groups is 1. The molecule has 3 heterocycles. The van der Waals surface area contributed by atoms with Gasteiger partial charge in [-0.05, 0) is 12.1 Å². The third-order valence-electron chi connectivity index (χ3n) is 4.04. The van der Waals surface area contributed by atoms with Crippen LogP contribution in [0.25, 0.3) is 22.2 Å². The number of aromatic nitrogens is 4. The fraction of sp³-hybridized carbons (Fsp3) is 0.105. The first-order valence-corrected chi connectivity index (χ1v) is 8.02. The minimum Gasteiger partial charge on any atom is -0.364 e. The van der Waals surface area contributed by atoms with Crippen LogP contribution in [0.5, 0.6) is 0 Å². The number of carbonyl (C=O) groups excluding carboxylic acids is 1. The number of benzene rings is 1. The molecule has 0 saturated carbocycles. The number of fused-ring (bicyclic) bond motifs is 1. The summed E-state index contributed by atoms with van der Waals surface area (Å²) in [6.07, 6.45) is 6.31. The number of nitrogens with zero attached hydrogens (tertiary/aromatic N) is 5. The van der Waals surface area contributed by atoms with Crippen molar-refractivity contribution in [2.24, 2.45) is 0 Å². The molecule has 3 aromatic heterocycles. The summed E-state index contributed by atoms with van der Waals surface area (Å²) in [7, 11) is 1.73. The van der Waals surface area contributed by atoms with Crippen LogP contribution in [0.2, 0.25) is 0 Å². The fourth-order valence-corrected chi connectivity index (χ4v) is 2.77. The van der Waals surface area contributed by atoms with Gasteiger partial charge < -0.3 is 9.42 Å². The molecule has 1 amide bonds. The maximum Gasteiger partial charge on any atom is 0.254 e. The molecule has 0 unspecified atom stereocenters. The molecule has 0 radical (unpaired) electrons. The van der Waals surface area contributed by atoms with Crippen LogP contribution in [0, 0.1) is 0 Å². The van der Waals surface area contributed by atoms with Crippen molar-refractivity contribution in [1.82, 2.24) is 25.0 Å². The summed E-state index contributed by atoms with van der Waals surface area (Å²) in [5, 5.41) is 4.66. The Kier molecular flexibility index (Phi) is 4.10. The number of rotatable bonds is 4. The first-order chi connectivity index (χ1) is 12.7. The first kappa shape index (κ1) is 15.9. The molecule has 4 aromatic rings. The molecule has 0 aliphatic rings. The van der Waals surface area contributed by atoms with Crippen molar-refractivity contribution in [2.75, 3.05) is 7.05 Å². The lowest BCUT2D eigenvalue weighted by molar-refractivity contribution is 0.0784. The zero-order valence-electron chi connectivity index (χ0n) is 14.0. The molecule has 26 heavy (non-hydrogen) atoms. The second kappa shape index (κ2) is 6.72. The number of hydrogen-bond acceptors (Lipinski definition) is 6. The summed E-state index contributed by atoms with van der Waals surface area (Å²) in [5.74, 6) is -0.121. The summed E-state index contributed by atoms with van der Waals surface area (Å²) in [6.45, 7) is 0.357. The first-order valence-electron chi connectivity index (χ1n) is 8.02. The van der Waals surface area contributed by atoms with Crippen molar-refractivity contribution in [3.8, 4) is 11.3 Å². The van der Waals surface area contributed by atoms with Crippen molar-refractivity contribution in [3.63, 3.8) is 0 Å². The van der Waals surface area contributed by atoms with Crippen molar-refractivity contribution >= 4 is 16.8 Å². The minimum atomic E-state index is -0.121. The zero-order valence-corrected chi connectivity index (χ0v) is 14.0. The van der Waals surface area contributed by atoms with E-state index in [-0.39, 0.29) is 5.91 Å². The second-order valence-electron chi connectivity index (χ2n) is 5.85. The van der Waals surface area contributed by atoms with Gasteiger partial charge in [-0.3, -0.25) is 4.79 Å². The van der Waals surface area contributed by atoms with E-state index in [1.807, 2.05) is 24.3 Å². The zero-order chi connectivity index (χ0) is 17.9. The van der Waals surface area contributed by atoms with Gasteiger partial charge in [0.1, 0.15) is 18.3 Å². The molecular formula is C19H15N5O2. The molecule has 7 heteroatoms. The summed E-state index contributed by atoms with van der Waals surface area (Å²) in [4.78, 5) is 27.4. The highest BCUT2D eigenvalue weighted by Gasteiger charge is 2.18. The largest absolute Gasteiger partial charge is 0.364 e. The van der Waals surface area contributed by atoms with E-state index in [0.29, 0.717) is 23.5 Å². The average molecular weight is 345 g/mol. The normalized spacial score (nSPS) is 10.8. The monoisotopic (exact) mass is 345 g/mol. The van der Waals surface area contributed by atoms with E-state index in [1.165, 1.54) is 12.6 Å². The molecule has 0 saturated heterocycles. The van der Waals surface area contributed by atoms with E-state index < -0.39 is 0 Å². The second-order valence-corrected chi connectivity index (χ2v) is 5.85. The van der Waals surface area contributed by atoms with Gasteiger partial charge in [0.15, 0.2) is 0 Å². The predicted molar refractivity (Wildman–Crippen MR) is 95.1 cm³/mol. The highest BCUT2D eigenvalue weighted by Crippen LogP contribution is 2.25. The quantitative estimate of drug-likeness (QED) is 0.565. The van der Waals surface area contributed by atoms with Gasteiger partial charge in [0.2, 0.25) is 0 Å². The third kappa shape index (κ3) is 3.02. The molecule has 4 rings (SSSR count). The van der Waals surface area contributed by atoms with Gasteiger partial charge >= 0.3 is 0 Å². The molecule has 128 valence electrons. The highest BCUT2D eigenvalue weighted by molar-refractivity contribution is 6.07. The molecular weight excluding hydrogens is 330 g/mol. The predicted octanol–water partition coefficient (Wildman–Crippen LogP) is 2.95. The van der Waals surface area contributed by atoms with Crippen molar-refractivity contribution in [1.29, 1.82) is 0 Å². The van der Waals surface area contributed by atoms with Gasteiger partial charge in [-0.15, -0.1) is 0 Å². The van der Waals surface area contributed by atoms with Gasteiger partial charge in [-0.25, -0.2) is 15.0 Å². The smallest absolute Gasteiger partial charge is 0.254 e. The third-order valence-corrected chi connectivity index (χ3v) is 4.04. The number of amides is 1. The Morgan fingerprint density at radius 1 is 1.15 bits per heavy atom. The Labute approximate surface area is 149 Å². The maximum atomic E-state index is 13.1. The number of para-hydroxylation sites is 1. The van der Waals surface area contributed by atoms with Gasteiger partial charge in [-0.2, -0.15) is 0 Å². The van der Waals surface area contributed by atoms with Crippen LogP contribution in [-0.2, 0) is 6.54 Å². The number of hydrogen-bond donors (Lipinski definition) is 0. The van der Waals surface area contributed by atoms with E-state index in [0.717, 1.165) is 16.5 Å². The van der Waals surface area contributed by atoms with Gasteiger partial charge in [0, 0.05) is 36.5 Å². The van der Waals surface area contributed by atoms with Crippen molar-refractivity contribution in [3.05, 3.63) is 72.6 Å². The standard InChI is InChI=1S/C19H15N5O2/c1-24(11-14-6-7-26-23-14)19(25)16-8-18(13-9-20-12-21-10-13)22-17-5-3-2-4-15(16)17/h2-10,12H,11H2,1H3. The van der Waals surface area contributed by atoms with Crippen LogP contribution in [0.4, 0.5) is 0 Å². The lowest BCUT2D eigenvalue weighted by atomic mass is 10.0. The van der Waals surface area contributed by atoms with E-state index in [2.05, 4.69) is 20.1 Å². The summed E-state index contributed by atoms with van der Waals surface area (Å²) >= 11 is 0.